The number of carbonyl (C=O) groups excluding carboxylic acids is 1. The molecule has 0 unspecified atom stereocenters. The van der Waals surface area contributed by atoms with Gasteiger partial charge in [0.15, 0.2) is 0 Å². The van der Waals surface area contributed by atoms with Gasteiger partial charge in [0, 0.05) is 57.4 Å². The van der Waals surface area contributed by atoms with Gasteiger partial charge in [0.2, 0.25) is 5.91 Å². The monoisotopic (exact) mass is 369 g/mol. The molecule has 2 heterocycles. The summed E-state index contributed by atoms with van der Waals surface area (Å²) in [7, 11) is 1.77. The zero-order valence-corrected chi connectivity index (χ0v) is 16.0. The van der Waals surface area contributed by atoms with Crippen molar-refractivity contribution in [1.82, 2.24) is 14.9 Å². The molecular formula is C21H31N5O. The zero-order valence-electron chi connectivity index (χ0n) is 16.0. The van der Waals surface area contributed by atoms with E-state index in [1.165, 1.54) is 0 Å². The van der Waals surface area contributed by atoms with Crippen LogP contribution in [0.15, 0.2) is 36.7 Å². The standard InChI is InChI=1S/C20H27N5O.CH4/c1-15(2)24-9-11-25(12-10-24)20-14-21-19(13-22-20)17-5-7-18(8-6-17)23(4)16(3)26;/h5-8,13-15H,9-12H2,1-4H3;1H4. The van der Waals surface area contributed by atoms with E-state index in [0.717, 1.165) is 48.9 Å². The van der Waals surface area contributed by atoms with Gasteiger partial charge in [0.05, 0.1) is 18.1 Å². The number of hydrogen-bond donors (Lipinski definition) is 0. The minimum Gasteiger partial charge on any atom is -0.353 e. The van der Waals surface area contributed by atoms with Crippen LogP contribution in [0.1, 0.15) is 28.2 Å². The molecule has 1 aromatic carbocycles. The van der Waals surface area contributed by atoms with E-state index in [-0.39, 0.29) is 13.3 Å². The predicted molar refractivity (Wildman–Crippen MR) is 112 cm³/mol. The molecule has 3 rings (SSSR count). The van der Waals surface area contributed by atoms with E-state index in [2.05, 4.69) is 33.6 Å². The number of piperazine rings is 1. The molecule has 1 saturated heterocycles. The lowest BCUT2D eigenvalue weighted by molar-refractivity contribution is -0.116. The van der Waals surface area contributed by atoms with Gasteiger partial charge in [-0.3, -0.25) is 14.7 Å². The maximum atomic E-state index is 11.4. The quantitative estimate of drug-likeness (QED) is 0.828. The first-order valence-electron chi connectivity index (χ1n) is 9.11. The Morgan fingerprint density at radius 2 is 1.67 bits per heavy atom. The fourth-order valence-corrected chi connectivity index (χ4v) is 3.14. The third-order valence-electron chi connectivity index (χ3n) is 5.03. The molecule has 1 aromatic heterocycles. The number of rotatable bonds is 4. The Balaban J connectivity index is 0.00000261. The second kappa shape index (κ2) is 8.95. The minimum absolute atomic E-state index is 0. The van der Waals surface area contributed by atoms with Crippen molar-refractivity contribution in [1.29, 1.82) is 0 Å². The molecule has 0 radical (unpaired) electrons. The van der Waals surface area contributed by atoms with E-state index >= 15 is 0 Å². The van der Waals surface area contributed by atoms with Crippen molar-refractivity contribution < 1.29 is 4.79 Å². The lowest BCUT2D eigenvalue weighted by Gasteiger charge is -2.37. The summed E-state index contributed by atoms with van der Waals surface area (Å²) in [5, 5.41) is 0. The largest absolute Gasteiger partial charge is 0.353 e. The van der Waals surface area contributed by atoms with Gasteiger partial charge in [-0.05, 0) is 26.0 Å². The van der Waals surface area contributed by atoms with Crippen LogP contribution in [-0.4, -0.2) is 60.0 Å². The molecule has 0 saturated carbocycles. The maximum absolute atomic E-state index is 11.4. The highest BCUT2D eigenvalue weighted by molar-refractivity contribution is 5.91. The predicted octanol–water partition coefficient (Wildman–Crippen LogP) is 3.29. The fraction of sp³-hybridized carbons (Fsp3) is 0.476. The van der Waals surface area contributed by atoms with Crippen molar-refractivity contribution in [3.63, 3.8) is 0 Å². The first kappa shape index (κ1) is 20.8. The zero-order chi connectivity index (χ0) is 18.7. The average Bonchev–Trinajstić information content (AvgIpc) is 2.67. The Morgan fingerprint density at radius 3 is 2.15 bits per heavy atom. The van der Waals surface area contributed by atoms with Gasteiger partial charge in [0.25, 0.3) is 0 Å². The van der Waals surface area contributed by atoms with Gasteiger partial charge in [-0.1, -0.05) is 19.6 Å². The lowest BCUT2D eigenvalue weighted by Crippen LogP contribution is -2.49. The van der Waals surface area contributed by atoms with Crippen LogP contribution >= 0.6 is 0 Å². The number of aromatic nitrogens is 2. The molecule has 1 aliphatic rings. The van der Waals surface area contributed by atoms with Crippen LogP contribution < -0.4 is 9.80 Å². The van der Waals surface area contributed by atoms with Gasteiger partial charge in [-0.25, -0.2) is 4.98 Å². The van der Waals surface area contributed by atoms with E-state index < -0.39 is 0 Å². The highest BCUT2D eigenvalue weighted by atomic mass is 16.2. The molecule has 0 aliphatic carbocycles. The number of benzene rings is 1. The highest BCUT2D eigenvalue weighted by Crippen LogP contribution is 2.22. The second-order valence-corrected chi connectivity index (χ2v) is 7.00. The van der Waals surface area contributed by atoms with Crippen molar-refractivity contribution >= 4 is 17.4 Å². The summed E-state index contributed by atoms with van der Waals surface area (Å²) in [6, 6.07) is 8.39. The van der Waals surface area contributed by atoms with Crippen molar-refractivity contribution in [2.45, 2.75) is 34.2 Å². The molecule has 1 aliphatic heterocycles. The third-order valence-corrected chi connectivity index (χ3v) is 5.03. The molecule has 146 valence electrons. The van der Waals surface area contributed by atoms with E-state index in [1.807, 2.05) is 36.7 Å². The molecule has 0 atom stereocenters. The summed E-state index contributed by atoms with van der Waals surface area (Å²) < 4.78 is 0. The van der Waals surface area contributed by atoms with Crippen LogP contribution in [0.25, 0.3) is 11.3 Å². The van der Waals surface area contributed by atoms with Gasteiger partial charge >= 0.3 is 0 Å². The van der Waals surface area contributed by atoms with E-state index in [9.17, 15) is 4.79 Å². The van der Waals surface area contributed by atoms with Gasteiger partial charge < -0.3 is 9.80 Å². The summed E-state index contributed by atoms with van der Waals surface area (Å²) in [5.74, 6) is 0.949. The van der Waals surface area contributed by atoms with Gasteiger partial charge in [0.1, 0.15) is 5.82 Å². The van der Waals surface area contributed by atoms with Crippen molar-refractivity contribution in [2.24, 2.45) is 0 Å². The van der Waals surface area contributed by atoms with Crippen LogP contribution in [0.3, 0.4) is 0 Å². The highest BCUT2D eigenvalue weighted by Gasteiger charge is 2.19. The molecule has 6 heteroatoms. The Morgan fingerprint density at radius 1 is 1.04 bits per heavy atom. The number of amides is 1. The average molecular weight is 370 g/mol. The molecule has 6 nitrogen and oxygen atoms in total. The molecule has 27 heavy (non-hydrogen) atoms. The molecule has 0 spiro atoms. The summed E-state index contributed by atoms with van der Waals surface area (Å²) in [6.45, 7) is 10.1. The number of carbonyl (C=O) groups is 1. The van der Waals surface area contributed by atoms with Gasteiger partial charge in [-0.15, -0.1) is 0 Å². The third kappa shape index (κ3) is 4.83. The summed E-state index contributed by atoms with van der Waals surface area (Å²) >= 11 is 0. The van der Waals surface area contributed by atoms with E-state index in [4.69, 9.17) is 0 Å². The summed E-state index contributed by atoms with van der Waals surface area (Å²) in [6.07, 6.45) is 3.68. The van der Waals surface area contributed by atoms with E-state index in [0.29, 0.717) is 6.04 Å². The molecule has 1 fully saturated rings. The maximum Gasteiger partial charge on any atom is 0.223 e. The summed E-state index contributed by atoms with van der Waals surface area (Å²) in [4.78, 5) is 27.0. The first-order chi connectivity index (χ1) is 12.5. The lowest BCUT2D eigenvalue weighted by atomic mass is 10.1. The Labute approximate surface area is 162 Å². The smallest absolute Gasteiger partial charge is 0.223 e. The summed E-state index contributed by atoms with van der Waals surface area (Å²) in [5.41, 5.74) is 2.70. The second-order valence-electron chi connectivity index (χ2n) is 7.00. The minimum atomic E-state index is 0. The van der Waals surface area contributed by atoms with E-state index in [1.54, 1.807) is 18.9 Å². The van der Waals surface area contributed by atoms with Crippen molar-refractivity contribution in [3.8, 4) is 11.3 Å². The molecule has 0 bridgehead atoms. The van der Waals surface area contributed by atoms with Crippen molar-refractivity contribution in [3.05, 3.63) is 36.7 Å². The number of hydrogen-bond acceptors (Lipinski definition) is 5. The number of anilines is 2. The number of nitrogens with zero attached hydrogens (tertiary/aromatic N) is 5. The topological polar surface area (TPSA) is 52.6 Å². The molecular weight excluding hydrogens is 338 g/mol. The Kier molecular flexibility index (Phi) is 6.91. The van der Waals surface area contributed by atoms with Crippen LogP contribution in [0.2, 0.25) is 0 Å². The van der Waals surface area contributed by atoms with Gasteiger partial charge in [-0.2, -0.15) is 0 Å². The SMILES string of the molecule is C.CC(=O)N(C)c1ccc(-c2cnc(N3CCN(C(C)C)CC3)cn2)cc1. The fourth-order valence-electron chi connectivity index (χ4n) is 3.14. The molecule has 1 amide bonds. The van der Waals surface area contributed by atoms with Crippen LogP contribution in [0.4, 0.5) is 11.5 Å². The van der Waals surface area contributed by atoms with Crippen molar-refractivity contribution in [2.75, 3.05) is 43.0 Å². The molecule has 2 aromatic rings. The Bertz CT molecular complexity index is 734. The molecule has 0 N–H and O–H groups in total. The van der Waals surface area contributed by atoms with Crippen LogP contribution in [0.5, 0.6) is 0 Å². The van der Waals surface area contributed by atoms with Crippen LogP contribution in [0, 0.1) is 0 Å². The van der Waals surface area contributed by atoms with Crippen LogP contribution in [-0.2, 0) is 4.79 Å². The first-order valence-corrected chi connectivity index (χ1v) is 9.11. The Hall–Kier alpha value is -2.47. The normalized spacial score (nSPS) is 14.8.